The predicted molar refractivity (Wildman–Crippen MR) is 116 cm³/mol. The quantitative estimate of drug-likeness (QED) is 0.457. The van der Waals surface area contributed by atoms with E-state index in [-0.39, 0.29) is 22.8 Å². The van der Waals surface area contributed by atoms with Crippen LogP contribution in [0.15, 0.2) is 42.9 Å². The van der Waals surface area contributed by atoms with Crippen molar-refractivity contribution in [1.82, 2.24) is 24.8 Å². The molecule has 9 heteroatoms. The van der Waals surface area contributed by atoms with Gasteiger partial charge >= 0.3 is 0 Å². The third kappa shape index (κ3) is 4.10. The van der Waals surface area contributed by atoms with E-state index in [1.165, 1.54) is 6.33 Å². The van der Waals surface area contributed by atoms with Gasteiger partial charge in [0.15, 0.2) is 5.82 Å². The van der Waals surface area contributed by atoms with Crippen molar-refractivity contribution < 1.29 is 9.13 Å². The third-order valence-corrected chi connectivity index (χ3v) is 4.66. The van der Waals surface area contributed by atoms with Crippen LogP contribution < -0.4 is 10.1 Å². The van der Waals surface area contributed by atoms with Gasteiger partial charge in [-0.2, -0.15) is 0 Å². The van der Waals surface area contributed by atoms with Crippen LogP contribution in [0.25, 0.3) is 21.8 Å². The molecule has 1 aromatic carbocycles. The number of nitrogens with one attached hydrogen (secondary N) is 1. The summed E-state index contributed by atoms with van der Waals surface area (Å²) in [5.74, 6) is 0.244. The SMILES string of the molecule is C[C@H](CN(C)C)Oc1nc(Cl)cc2ncnc(Nc3ccc4ncccc4c3F)c12. The molecule has 0 spiro atoms. The molecular weight excluding hydrogens is 407 g/mol. The molecule has 7 nitrogen and oxygen atoms in total. The molecule has 1 atom stereocenters. The van der Waals surface area contributed by atoms with E-state index >= 15 is 4.39 Å². The van der Waals surface area contributed by atoms with E-state index in [1.54, 1.807) is 36.5 Å². The van der Waals surface area contributed by atoms with Crippen LogP contribution in [-0.2, 0) is 0 Å². The highest BCUT2D eigenvalue weighted by Gasteiger charge is 2.18. The zero-order valence-electron chi connectivity index (χ0n) is 16.7. The Bertz CT molecular complexity index is 1220. The average Bonchev–Trinajstić information content (AvgIpc) is 2.69. The van der Waals surface area contributed by atoms with Gasteiger partial charge in [0.1, 0.15) is 28.8 Å². The number of likely N-dealkylation sites (N-methyl/N-ethyl adjacent to an activating group) is 1. The van der Waals surface area contributed by atoms with Crippen molar-refractivity contribution in [3.05, 3.63) is 53.8 Å². The lowest BCUT2D eigenvalue weighted by atomic mass is 10.2. The number of aromatic nitrogens is 4. The molecule has 0 unspecified atom stereocenters. The normalized spacial score (nSPS) is 12.5. The molecule has 0 aliphatic rings. The van der Waals surface area contributed by atoms with Gasteiger partial charge in [-0.1, -0.05) is 11.6 Å². The Kier molecular flexibility index (Phi) is 5.61. The average molecular weight is 427 g/mol. The van der Waals surface area contributed by atoms with Gasteiger partial charge in [-0.25, -0.2) is 19.3 Å². The molecule has 3 aromatic heterocycles. The van der Waals surface area contributed by atoms with Crippen LogP contribution in [0.1, 0.15) is 6.92 Å². The Morgan fingerprint density at radius 2 is 2.00 bits per heavy atom. The summed E-state index contributed by atoms with van der Waals surface area (Å²) in [4.78, 5) is 19.1. The fraction of sp³-hybridized carbons (Fsp3) is 0.238. The lowest BCUT2D eigenvalue weighted by molar-refractivity contribution is 0.173. The first-order chi connectivity index (χ1) is 14.4. The Morgan fingerprint density at radius 1 is 1.17 bits per heavy atom. The fourth-order valence-electron chi connectivity index (χ4n) is 3.28. The number of fused-ring (bicyclic) bond motifs is 2. The number of halogens is 2. The van der Waals surface area contributed by atoms with Gasteiger partial charge in [0.05, 0.1) is 16.7 Å². The summed E-state index contributed by atoms with van der Waals surface area (Å²) in [6.45, 7) is 2.61. The number of ether oxygens (including phenoxy) is 1. The highest BCUT2D eigenvalue weighted by Crippen LogP contribution is 2.34. The van der Waals surface area contributed by atoms with E-state index in [2.05, 4.69) is 25.3 Å². The van der Waals surface area contributed by atoms with E-state index in [4.69, 9.17) is 16.3 Å². The van der Waals surface area contributed by atoms with Crippen LogP contribution in [-0.4, -0.2) is 51.6 Å². The maximum absolute atomic E-state index is 15.1. The zero-order valence-corrected chi connectivity index (χ0v) is 17.5. The van der Waals surface area contributed by atoms with Crippen LogP contribution in [0.2, 0.25) is 5.15 Å². The minimum absolute atomic E-state index is 0.161. The molecule has 3 heterocycles. The number of hydrogen-bond donors (Lipinski definition) is 1. The number of nitrogens with zero attached hydrogens (tertiary/aromatic N) is 5. The molecule has 4 rings (SSSR count). The molecule has 0 saturated heterocycles. The first-order valence-electron chi connectivity index (χ1n) is 9.35. The van der Waals surface area contributed by atoms with Gasteiger partial charge in [0.25, 0.3) is 0 Å². The third-order valence-electron chi connectivity index (χ3n) is 4.46. The minimum atomic E-state index is -0.419. The molecule has 1 N–H and O–H groups in total. The lowest BCUT2D eigenvalue weighted by Crippen LogP contribution is -2.28. The summed E-state index contributed by atoms with van der Waals surface area (Å²) in [6, 6.07) is 8.36. The van der Waals surface area contributed by atoms with Crippen molar-refractivity contribution >= 4 is 44.9 Å². The summed E-state index contributed by atoms with van der Waals surface area (Å²) in [5.41, 5.74) is 1.38. The number of pyridine rings is 2. The van der Waals surface area contributed by atoms with E-state index in [0.29, 0.717) is 34.2 Å². The van der Waals surface area contributed by atoms with E-state index in [1.807, 2.05) is 25.9 Å². The summed E-state index contributed by atoms with van der Waals surface area (Å²) >= 11 is 6.17. The molecule has 0 saturated carbocycles. The second-order valence-electron chi connectivity index (χ2n) is 7.18. The van der Waals surface area contributed by atoms with Gasteiger partial charge in [-0.05, 0) is 45.3 Å². The van der Waals surface area contributed by atoms with Gasteiger partial charge < -0.3 is 15.0 Å². The van der Waals surface area contributed by atoms with Crippen LogP contribution in [0.3, 0.4) is 0 Å². The second kappa shape index (κ2) is 8.33. The number of anilines is 2. The Labute approximate surface area is 177 Å². The summed E-state index contributed by atoms with van der Waals surface area (Å²) in [7, 11) is 3.91. The topological polar surface area (TPSA) is 76.1 Å². The van der Waals surface area contributed by atoms with Gasteiger partial charge in [-0.15, -0.1) is 0 Å². The molecule has 4 aromatic rings. The summed E-state index contributed by atoms with van der Waals surface area (Å²) in [5, 5.41) is 4.25. The second-order valence-corrected chi connectivity index (χ2v) is 7.57. The summed E-state index contributed by atoms with van der Waals surface area (Å²) in [6.07, 6.45) is 2.85. The predicted octanol–water partition coefficient (Wildman–Crippen LogP) is 4.44. The minimum Gasteiger partial charge on any atom is -0.473 e. The smallest absolute Gasteiger partial charge is 0.228 e. The van der Waals surface area contributed by atoms with E-state index in [0.717, 1.165) is 0 Å². The van der Waals surface area contributed by atoms with E-state index in [9.17, 15) is 0 Å². The van der Waals surface area contributed by atoms with Crippen molar-refractivity contribution in [1.29, 1.82) is 0 Å². The maximum atomic E-state index is 15.1. The molecule has 0 radical (unpaired) electrons. The first-order valence-corrected chi connectivity index (χ1v) is 9.73. The van der Waals surface area contributed by atoms with Crippen molar-refractivity contribution in [3.8, 4) is 5.88 Å². The standard InChI is InChI=1S/C21H20ClFN6O/c1-12(10-29(2)3)30-21-18-16(9-17(22)28-21)25-11-26-20(18)27-15-7-6-14-13(19(15)23)5-4-8-24-14/h4-9,11-12H,10H2,1-3H3,(H,25,26,27)/t12-/m1/s1. The highest BCUT2D eigenvalue weighted by molar-refractivity contribution is 6.30. The molecule has 0 fully saturated rings. The Hall–Kier alpha value is -3.10. The molecule has 0 aliphatic carbocycles. The first kappa shape index (κ1) is 20.2. The summed E-state index contributed by atoms with van der Waals surface area (Å²) < 4.78 is 21.1. The van der Waals surface area contributed by atoms with E-state index < -0.39 is 5.82 Å². The van der Waals surface area contributed by atoms with Gasteiger partial charge in [-0.3, -0.25) is 4.98 Å². The van der Waals surface area contributed by atoms with Crippen molar-refractivity contribution in [2.75, 3.05) is 26.0 Å². The number of rotatable bonds is 6. The molecule has 0 bridgehead atoms. The monoisotopic (exact) mass is 426 g/mol. The number of hydrogen-bond acceptors (Lipinski definition) is 7. The van der Waals surface area contributed by atoms with Crippen LogP contribution in [0.5, 0.6) is 5.88 Å². The van der Waals surface area contributed by atoms with Crippen molar-refractivity contribution in [3.63, 3.8) is 0 Å². The van der Waals surface area contributed by atoms with Crippen molar-refractivity contribution in [2.24, 2.45) is 0 Å². The lowest BCUT2D eigenvalue weighted by Gasteiger charge is -2.20. The van der Waals surface area contributed by atoms with Crippen molar-refractivity contribution in [2.45, 2.75) is 13.0 Å². The highest BCUT2D eigenvalue weighted by atomic mass is 35.5. The Balaban J connectivity index is 1.79. The molecular formula is C21H20ClFN6O. The fourth-order valence-corrected chi connectivity index (χ4v) is 3.46. The maximum Gasteiger partial charge on any atom is 0.228 e. The largest absolute Gasteiger partial charge is 0.473 e. The van der Waals surface area contributed by atoms with Crippen LogP contribution in [0, 0.1) is 5.82 Å². The molecule has 0 amide bonds. The molecule has 0 aliphatic heterocycles. The molecule has 154 valence electrons. The zero-order chi connectivity index (χ0) is 21.3. The van der Waals surface area contributed by atoms with Crippen LogP contribution in [0.4, 0.5) is 15.9 Å². The molecule has 30 heavy (non-hydrogen) atoms. The Morgan fingerprint density at radius 3 is 2.80 bits per heavy atom. The number of benzene rings is 1. The van der Waals surface area contributed by atoms with Crippen LogP contribution >= 0.6 is 11.6 Å². The van der Waals surface area contributed by atoms with Gasteiger partial charge in [0, 0.05) is 24.2 Å². The van der Waals surface area contributed by atoms with Gasteiger partial charge in [0.2, 0.25) is 5.88 Å².